The topological polar surface area (TPSA) is 82.8 Å². The molecule has 15 heavy (non-hydrogen) atoms. The molecule has 6 heteroatoms. The van der Waals surface area contributed by atoms with Crippen LogP contribution in [-0.4, -0.2) is 19.7 Å². The van der Waals surface area contributed by atoms with Crippen molar-refractivity contribution in [3.8, 4) is 0 Å². The summed E-state index contributed by atoms with van der Waals surface area (Å²) in [6.45, 7) is 2.69. The Bertz CT molecular complexity index is 406. The molecule has 0 bridgehead atoms. The van der Waals surface area contributed by atoms with E-state index in [1.54, 1.807) is 12.5 Å². The lowest BCUT2D eigenvalue weighted by atomic mass is 10.2. The molecule has 0 aliphatic carbocycles. The van der Waals surface area contributed by atoms with E-state index < -0.39 is 0 Å². The van der Waals surface area contributed by atoms with Crippen molar-refractivity contribution < 1.29 is 4.52 Å². The van der Waals surface area contributed by atoms with Gasteiger partial charge >= 0.3 is 0 Å². The lowest BCUT2D eigenvalue weighted by Crippen LogP contribution is -2.13. The second-order valence-electron chi connectivity index (χ2n) is 3.40. The lowest BCUT2D eigenvalue weighted by Gasteiger charge is -2.08. The number of hydrogen-bond acceptors (Lipinski definition) is 5. The quantitative estimate of drug-likeness (QED) is 0.790. The van der Waals surface area contributed by atoms with E-state index in [0.717, 1.165) is 12.2 Å². The van der Waals surface area contributed by atoms with Gasteiger partial charge in [0.15, 0.2) is 5.82 Å². The molecule has 2 rings (SSSR count). The number of hydrogen-bond donors (Lipinski definition) is 1. The Hall–Kier alpha value is -1.69. The van der Waals surface area contributed by atoms with E-state index in [2.05, 4.69) is 19.6 Å². The molecule has 1 atom stereocenters. The Kier molecular flexibility index (Phi) is 2.77. The van der Waals surface area contributed by atoms with Crippen LogP contribution < -0.4 is 5.73 Å². The number of nitrogens with zero attached hydrogens (tertiary/aromatic N) is 4. The summed E-state index contributed by atoms with van der Waals surface area (Å²) in [7, 11) is 0. The third-order valence-electron chi connectivity index (χ3n) is 2.19. The van der Waals surface area contributed by atoms with Gasteiger partial charge in [0.05, 0.1) is 12.0 Å². The highest BCUT2D eigenvalue weighted by Gasteiger charge is 2.07. The van der Waals surface area contributed by atoms with Crippen LogP contribution >= 0.6 is 0 Å². The van der Waals surface area contributed by atoms with Crippen LogP contribution in [0.25, 0.3) is 0 Å². The summed E-state index contributed by atoms with van der Waals surface area (Å²) in [4.78, 5) is 8.01. The van der Waals surface area contributed by atoms with Gasteiger partial charge in [-0.05, 0) is 6.92 Å². The van der Waals surface area contributed by atoms with Crippen LogP contribution in [-0.2, 0) is 13.0 Å². The summed E-state index contributed by atoms with van der Waals surface area (Å²) >= 11 is 0. The molecule has 0 saturated carbocycles. The van der Waals surface area contributed by atoms with Gasteiger partial charge in [0.2, 0.25) is 6.39 Å². The molecule has 2 heterocycles. The fourth-order valence-electron chi connectivity index (χ4n) is 1.42. The first-order valence-electron chi connectivity index (χ1n) is 4.78. The summed E-state index contributed by atoms with van der Waals surface area (Å²) in [5.74, 6) is 0.694. The van der Waals surface area contributed by atoms with Gasteiger partial charge in [-0.3, -0.25) is 0 Å². The molecule has 0 spiro atoms. The third kappa shape index (κ3) is 2.21. The van der Waals surface area contributed by atoms with Gasteiger partial charge in [-0.15, -0.1) is 0 Å². The SMILES string of the molecule is C[C@H](N)c1cncn1CCc1ncon1. The highest BCUT2D eigenvalue weighted by atomic mass is 16.5. The molecule has 80 valence electrons. The Morgan fingerprint density at radius 2 is 2.47 bits per heavy atom. The Morgan fingerprint density at radius 3 is 3.13 bits per heavy atom. The first kappa shape index (κ1) is 9.85. The van der Waals surface area contributed by atoms with Gasteiger partial charge < -0.3 is 14.8 Å². The van der Waals surface area contributed by atoms with Gasteiger partial charge in [0, 0.05) is 25.2 Å². The van der Waals surface area contributed by atoms with Gasteiger partial charge in [-0.1, -0.05) is 5.16 Å². The van der Waals surface area contributed by atoms with Crippen molar-refractivity contribution in [2.24, 2.45) is 5.73 Å². The highest BCUT2D eigenvalue weighted by Crippen LogP contribution is 2.09. The maximum Gasteiger partial charge on any atom is 0.213 e. The van der Waals surface area contributed by atoms with Gasteiger partial charge in [0.1, 0.15) is 0 Å². The average molecular weight is 207 g/mol. The van der Waals surface area contributed by atoms with Crippen LogP contribution in [0.1, 0.15) is 24.5 Å². The van der Waals surface area contributed by atoms with Crippen LogP contribution in [0, 0.1) is 0 Å². The van der Waals surface area contributed by atoms with E-state index in [1.807, 2.05) is 11.5 Å². The molecule has 0 aliphatic rings. The zero-order valence-corrected chi connectivity index (χ0v) is 8.50. The van der Waals surface area contributed by atoms with Crippen molar-refractivity contribution in [3.63, 3.8) is 0 Å². The molecule has 0 fully saturated rings. The Morgan fingerprint density at radius 1 is 1.60 bits per heavy atom. The molecule has 0 aromatic carbocycles. The Balaban J connectivity index is 2.02. The molecular formula is C9H13N5O. The van der Waals surface area contributed by atoms with Crippen LogP contribution in [0.5, 0.6) is 0 Å². The summed E-state index contributed by atoms with van der Waals surface area (Å²) in [5, 5.41) is 3.74. The molecule has 2 aromatic rings. The minimum Gasteiger partial charge on any atom is -0.343 e. The molecule has 0 amide bonds. The molecule has 6 nitrogen and oxygen atoms in total. The summed E-state index contributed by atoms with van der Waals surface area (Å²) in [5.41, 5.74) is 6.81. The average Bonchev–Trinajstić information content (AvgIpc) is 2.86. The number of aryl methyl sites for hydroxylation is 2. The molecular weight excluding hydrogens is 194 g/mol. The third-order valence-corrected chi connectivity index (χ3v) is 2.19. The fraction of sp³-hybridized carbons (Fsp3) is 0.444. The molecule has 0 unspecified atom stereocenters. The van der Waals surface area contributed by atoms with Gasteiger partial charge in [-0.25, -0.2) is 4.98 Å². The predicted octanol–water partition coefficient (Wildman–Crippen LogP) is 0.528. The summed E-state index contributed by atoms with van der Waals surface area (Å²) in [6, 6.07) is -0.0160. The normalized spacial score (nSPS) is 12.9. The number of rotatable bonds is 4. The van der Waals surface area contributed by atoms with Crippen molar-refractivity contribution in [1.82, 2.24) is 19.7 Å². The number of nitrogens with two attached hydrogens (primary N) is 1. The maximum atomic E-state index is 5.80. The van der Waals surface area contributed by atoms with Gasteiger partial charge in [0.25, 0.3) is 0 Å². The van der Waals surface area contributed by atoms with E-state index in [0.29, 0.717) is 12.2 Å². The fourth-order valence-corrected chi connectivity index (χ4v) is 1.42. The lowest BCUT2D eigenvalue weighted by molar-refractivity contribution is 0.408. The highest BCUT2D eigenvalue weighted by molar-refractivity contribution is 5.03. The first-order chi connectivity index (χ1) is 7.27. The van der Waals surface area contributed by atoms with Crippen LogP contribution in [0.15, 0.2) is 23.4 Å². The van der Waals surface area contributed by atoms with Crippen molar-refractivity contribution in [2.45, 2.75) is 25.9 Å². The summed E-state index contributed by atoms with van der Waals surface area (Å²) in [6.07, 6.45) is 5.59. The molecule has 2 aromatic heterocycles. The van der Waals surface area contributed by atoms with Gasteiger partial charge in [-0.2, -0.15) is 4.98 Å². The number of aromatic nitrogens is 4. The van der Waals surface area contributed by atoms with E-state index in [9.17, 15) is 0 Å². The zero-order chi connectivity index (χ0) is 10.7. The van der Waals surface area contributed by atoms with E-state index in [4.69, 9.17) is 5.73 Å². The summed E-state index contributed by atoms with van der Waals surface area (Å²) < 4.78 is 6.65. The van der Waals surface area contributed by atoms with E-state index in [-0.39, 0.29) is 6.04 Å². The van der Waals surface area contributed by atoms with E-state index in [1.165, 1.54) is 6.39 Å². The second kappa shape index (κ2) is 4.22. The van der Waals surface area contributed by atoms with Crippen molar-refractivity contribution in [2.75, 3.05) is 0 Å². The number of imidazole rings is 1. The van der Waals surface area contributed by atoms with E-state index >= 15 is 0 Å². The minimum absolute atomic E-state index is 0.0160. The van der Waals surface area contributed by atoms with Crippen molar-refractivity contribution >= 4 is 0 Å². The molecule has 0 saturated heterocycles. The van der Waals surface area contributed by atoms with Crippen molar-refractivity contribution in [1.29, 1.82) is 0 Å². The van der Waals surface area contributed by atoms with Crippen LogP contribution in [0.3, 0.4) is 0 Å². The monoisotopic (exact) mass is 207 g/mol. The zero-order valence-electron chi connectivity index (χ0n) is 8.50. The van der Waals surface area contributed by atoms with Crippen LogP contribution in [0.4, 0.5) is 0 Å². The molecule has 0 radical (unpaired) electrons. The second-order valence-corrected chi connectivity index (χ2v) is 3.40. The first-order valence-corrected chi connectivity index (χ1v) is 4.78. The smallest absolute Gasteiger partial charge is 0.213 e. The molecule has 0 aliphatic heterocycles. The van der Waals surface area contributed by atoms with Crippen molar-refractivity contribution in [3.05, 3.63) is 30.4 Å². The van der Waals surface area contributed by atoms with Crippen LogP contribution in [0.2, 0.25) is 0 Å². The minimum atomic E-state index is -0.0160. The maximum absolute atomic E-state index is 5.80. The predicted molar refractivity (Wildman–Crippen MR) is 52.8 cm³/mol. The standard InChI is InChI=1S/C9H13N5O/c1-7(10)8-4-11-5-14(8)3-2-9-12-6-15-13-9/h4-7H,2-3,10H2,1H3/t7-/m0/s1. The Labute approximate surface area is 87.1 Å². The largest absolute Gasteiger partial charge is 0.343 e. The molecule has 2 N–H and O–H groups in total.